The van der Waals surface area contributed by atoms with Gasteiger partial charge in [0.15, 0.2) is 5.75 Å². The van der Waals surface area contributed by atoms with E-state index in [1.165, 1.54) is 26.4 Å². The molecule has 0 aromatic heterocycles. The molecule has 4 aromatic rings. The number of nitrogen functional groups attached to an aromatic ring is 1. The second kappa shape index (κ2) is 11.1. The van der Waals surface area contributed by atoms with Crippen LogP contribution in [-0.4, -0.2) is 45.3 Å². The van der Waals surface area contributed by atoms with Gasteiger partial charge in [-0.05, 0) is 55.0 Å². The SMILES string of the molecule is COc1cc(S(=O)(=O)O)ccc1N=Nc1c(S(=O)(=O)O)cc2c(N=Nc3ccc(C)cc3OC)c(N)ccc2c1O. The van der Waals surface area contributed by atoms with Crippen LogP contribution in [0.2, 0.25) is 0 Å². The monoisotopic (exact) mass is 601 g/mol. The molecule has 5 N–H and O–H groups in total. The number of methoxy groups -OCH3 is 2. The Morgan fingerprint density at radius 3 is 1.88 bits per heavy atom. The van der Waals surface area contributed by atoms with Gasteiger partial charge in [-0.3, -0.25) is 9.11 Å². The third kappa shape index (κ3) is 6.09. The first-order valence-electron chi connectivity index (χ1n) is 11.4. The highest BCUT2D eigenvalue weighted by Crippen LogP contribution is 2.46. The molecule has 0 aliphatic heterocycles. The molecule has 0 atom stereocenters. The maximum absolute atomic E-state index is 12.4. The molecule has 16 heteroatoms. The van der Waals surface area contributed by atoms with Crippen molar-refractivity contribution in [3.8, 4) is 17.2 Å². The van der Waals surface area contributed by atoms with Crippen LogP contribution in [0.4, 0.5) is 28.4 Å². The maximum Gasteiger partial charge on any atom is 0.296 e. The number of azo groups is 2. The average Bonchev–Trinajstić information content (AvgIpc) is 2.91. The molecule has 14 nitrogen and oxygen atoms in total. The van der Waals surface area contributed by atoms with Crippen molar-refractivity contribution in [3.63, 3.8) is 0 Å². The molecule has 41 heavy (non-hydrogen) atoms. The molecule has 0 amide bonds. The molecule has 0 bridgehead atoms. The highest BCUT2D eigenvalue weighted by atomic mass is 32.2. The number of anilines is 1. The van der Waals surface area contributed by atoms with Gasteiger partial charge in [-0.1, -0.05) is 6.07 Å². The average molecular weight is 602 g/mol. The lowest BCUT2D eigenvalue weighted by Crippen LogP contribution is -2.00. The van der Waals surface area contributed by atoms with Gasteiger partial charge in [0.1, 0.15) is 39.1 Å². The minimum atomic E-state index is -5.00. The molecule has 0 spiro atoms. The summed E-state index contributed by atoms with van der Waals surface area (Å²) in [5, 5.41) is 27.2. The van der Waals surface area contributed by atoms with E-state index in [0.29, 0.717) is 11.4 Å². The van der Waals surface area contributed by atoms with E-state index >= 15 is 0 Å². The van der Waals surface area contributed by atoms with Gasteiger partial charge in [0.05, 0.1) is 24.8 Å². The van der Waals surface area contributed by atoms with E-state index in [1.807, 2.05) is 6.92 Å². The first-order valence-corrected chi connectivity index (χ1v) is 14.3. The van der Waals surface area contributed by atoms with Crippen molar-refractivity contribution < 1.29 is 40.5 Å². The standard InChI is InChI=1S/C25H23N5O9S2/c1-13-4-8-18(20(10-13)38-2)27-29-23-16-12-22(41(35,36)37)24(25(31)15(16)6-7-17(23)26)30-28-19-9-5-14(40(32,33)34)11-21(19)39-3/h4-12,31H,26H2,1-3H3,(H,32,33,34)(H,35,36,37). The Morgan fingerprint density at radius 1 is 0.707 bits per heavy atom. The number of hydrogen-bond acceptors (Lipinski definition) is 12. The van der Waals surface area contributed by atoms with Crippen molar-refractivity contribution in [3.05, 3.63) is 60.2 Å². The summed E-state index contributed by atoms with van der Waals surface area (Å²) in [6.07, 6.45) is 0. The zero-order valence-corrected chi connectivity index (χ0v) is 23.3. The fraction of sp³-hybridized carbons (Fsp3) is 0.120. The smallest absolute Gasteiger partial charge is 0.296 e. The van der Waals surface area contributed by atoms with Crippen LogP contribution in [0.5, 0.6) is 17.2 Å². The number of nitrogens with zero attached hydrogens (tertiary/aromatic N) is 4. The Kier molecular flexibility index (Phi) is 7.94. The Hall–Kier alpha value is -4.64. The van der Waals surface area contributed by atoms with E-state index in [-0.39, 0.29) is 33.6 Å². The van der Waals surface area contributed by atoms with E-state index in [2.05, 4.69) is 20.5 Å². The first-order chi connectivity index (χ1) is 19.2. The van der Waals surface area contributed by atoms with Crippen molar-refractivity contribution in [1.82, 2.24) is 0 Å². The zero-order chi connectivity index (χ0) is 30.1. The summed E-state index contributed by atoms with van der Waals surface area (Å²) in [6, 6.07) is 12.1. The van der Waals surface area contributed by atoms with Crippen LogP contribution in [-0.2, 0) is 20.2 Å². The van der Waals surface area contributed by atoms with Crippen LogP contribution in [0, 0.1) is 6.92 Å². The summed E-state index contributed by atoms with van der Waals surface area (Å²) >= 11 is 0. The zero-order valence-electron chi connectivity index (χ0n) is 21.7. The molecule has 0 unspecified atom stereocenters. The van der Waals surface area contributed by atoms with Gasteiger partial charge in [-0.15, -0.1) is 20.5 Å². The topological polar surface area (TPSA) is 223 Å². The number of phenols is 1. The Bertz CT molecular complexity index is 1960. The van der Waals surface area contributed by atoms with Gasteiger partial charge in [0.2, 0.25) is 0 Å². The van der Waals surface area contributed by atoms with E-state index < -0.39 is 41.5 Å². The predicted octanol–water partition coefficient (Wildman–Crippen LogP) is 5.78. The number of hydrogen-bond donors (Lipinski definition) is 4. The molecule has 0 saturated carbocycles. The summed E-state index contributed by atoms with van der Waals surface area (Å²) < 4.78 is 77.2. The molecular weight excluding hydrogens is 578 g/mol. The Balaban J connectivity index is 1.90. The van der Waals surface area contributed by atoms with Crippen LogP contribution in [0.1, 0.15) is 5.56 Å². The molecule has 0 radical (unpaired) electrons. The highest BCUT2D eigenvalue weighted by Gasteiger charge is 2.24. The number of rotatable bonds is 8. The predicted molar refractivity (Wildman–Crippen MR) is 149 cm³/mol. The molecular formula is C25H23N5O9S2. The van der Waals surface area contributed by atoms with Gasteiger partial charge in [-0.2, -0.15) is 16.8 Å². The van der Waals surface area contributed by atoms with Gasteiger partial charge in [0, 0.05) is 16.8 Å². The lowest BCUT2D eigenvalue weighted by atomic mass is 10.1. The highest BCUT2D eigenvalue weighted by molar-refractivity contribution is 7.86. The number of aryl methyl sites for hydroxylation is 1. The number of aromatic hydroxyl groups is 1. The van der Waals surface area contributed by atoms with Crippen molar-refractivity contribution in [1.29, 1.82) is 0 Å². The number of nitrogens with two attached hydrogens (primary N) is 1. The Morgan fingerprint density at radius 2 is 1.29 bits per heavy atom. The first kappa shape index (κ1) is 29.3. The minimum Gasteiger partial charge on any atom is -0.505 e. The van der Waals surface area contributed by atoms with Gasteiger partial charge in [-0.25, -0.2) is 0 Å². The van der Waals surface area contributed by atoms with E-state index in [9.17, 15) is 31.0 Å². The number of fused-ring (bicyclic) bond motifs is 1. The fourth-order valence-corrected chi connectivity index (χ4v) is 4.95. The molecule has 0 saturated heterocycles. The van der Waals surface area contributed by atoms with Crippen LogP contribution in [0.25, 0.3) is 10.8 Å². The van der Waals surface area contributed by atoms with Crippen LogP contribution in [0.15, 0.2) is 84.8 Å². The van der Waals surface area contributed by atoms with Crippen LogP contribution >= 0.6 is 0 Å². The van der Waals surface area contributed by atoms with Crippen LogP contribution < -0.4 is 15.2 Å². The molecule has 4 rings (SSSR count). The largest absolute Gasteiger partial charge is 0.505 e. The summed E-state index contributed by atoms with van der Waals surface area (Å²) in [6.45, 7) is 1.87. The summed E-state index contributed by atoms with van der Waals surface area (Å²) in [5.74, 6) is -0.395. The second-order valence-electron chi connectivity index (χ2n) is 8.53. The quantitative estimate of drug-likeness (QED) is 0.108. The molecule has 0 aliphatic carbocycles. The van der Waals surface area contributed by atoms with Gasteiger partial charge >= 0.3 is 0 Å². The number of phenolic OH excluding ortho intramolecular Hbond substituents is 1. The minimum absolute atomic E-state index is 0.00344. The third-order valence-electron chi connectivity index (χ3n) is 5.81. The van der Waals surface area contributed by atoms with Crippen molar-refractivity contribution in [2.45, 2.75) is 16.7 Å². The molecule has 0 aliphatic rings. The lowest BCUT2D eigenvalue weighted by Gasteiger charge is -2.12. The lowest BCUT2D eigenvalue weighted by molar-refractivity contribution is 0.413. The Labute approximate surface area is 234 Å². The van der Waals surface area contributed by atoms with E-state index in [4.69, 9.17) is 15.2 Å². The van der Waals surface area contributed by atoms with Crippen LogP contribution in [0.3, 0.4) is 0 Å². The van der Waals surface area contributed by atoms with E-state index in [0.717, 1.165) is 29.8 Å². The molecule has 0 fully saturated rings. The summed E-state index contributed by atoms with van der Waals surface area (Å²) in [7, 11) is -6.88. The van der Waals surface area contributed by atoms with Crippen molar-refractivity contribution in [2.75, 3.05) is 20.0 Å². The molecule has 214 valence electrons. The van der Waals surface area contributed by atoms with Gasteiger partial charge < -0.3 is 20.3 Å². The van der Waals surface area contributed by atoms with E-state index in [1.54, 1.807) is 18.2 Å². The van der Waals surface area contributed by atoms with Gasteiger partial charge in [0.25, 0.3) is 20.2 Å². The maximum atomic E-state index is 12.4. The van der Waals surface area contributed by atoms with Crippen molar-refractivity contribution >= 4 is 59.4 Å². The number of benzene rings is 4. The second-order valence-corrected chi connectivity index (χ2v) is 11.3. The molecule has 4 aromatic carbocycles. The summed E-state index contributed by atoms with van der Waals surface area (Å²) in [4.78, 5) is -1.31. The summed E-state index contributed by atoms with van der Waals surface area (Å²) in [5.41, 5.74) is 6.75. The molecule has 0 heterocycles. The normalized spacial score (nSPS) is 12.4. The fourth-order valence-electron chi connectivity index (χ4n) is 3.80. The number of ether oxygens (including phenoxy) is 2. The van der Waals surface area contributed by atoms with Crippen molar-refractivity contribution in [2.24, 2.45) is 20.5 Å². The third-order valence-corrected chi connectivity index (χ3v) is 7.53.